The maximum atomic E-state index is 12.9. The summed E-state index contributed by atoms with van der Waals surface area (Å²) >= 11 is 0. The van der Waals surface area contributed by atoms with Crippen molar-refractivity contribution in [1.29, 1.82) is 0 Å². The molecule has 31 heavy (non-hydrogen) atoms. The molecule has 0 aromatic carbocycles. The van der Waals surface area contributed by atoms with Crippen LogP contribution in [0.25, 0.3) is 0 Å². The minimum Gasteiger partial charge on any atom is -0.299 e. The first-order valence-electron chi connectivity index (χ1n) is 13.5. The molecule has 0 aliphatic heterocycles. The molecule has 0 aromatic rings. The lowest BCUT2D eigenvalue weighted by atomic mass is 9.32. The summed E-state index contributed by atoms with van der Waals surface area (Å²) in [5, 5.41) is 0. The third-order valence-electron chi connectivity index (χ3n) is 12.9. The zero-order valence-corrected chi connectivity index (χ0v) is 21.7. The standard InChI is InChI=1S/C30H48O/c1-19(2)20-11-14-27(5)17-18-29(7)21(25(20)27)9-10-23-28(6)15-13-24(31)26(3,4)22(28)12-16-30(23,29)8/h11,19,21-23,25H,9-10,12-18H2,1-8H3/t21-,22+,23-,25-,27-,28+,29-,30-/m1/s1. The number of hydrogen-bond donors (Lipinski definition) is 0. The van der Waals surface area contributed by atoms with Crippen LogP contribution >= 0.6 is 0 Å². The number of allylic oxidation sites excluding steroid dienone is 2. The van der Waals surface area contributed by atoms with E-state index in [-0.39, 0.29) is 5.41 Å². The second-order valence-corrected chi connectivity index (χ2v) is 14.5. The van der Waals surface area contributed by atoms with E-state index in [1.165, 1.54) is 44.9 Å². The molecule has 0 N–H and O–H groups in total. The van der Waals surface area contributed by atoms with Crippen LogP contribution in [0, 0.1) is 56.7 Å². The Labute approximate surface area is 192 Å². The highest BCUT2D eigenvalue weighted by Crippen LogP contribution is 2.76. The molecular weight excluding hydrogens is 376 g/mol. The van der Waals surface area contributed by atoms with Crippen LogP contribution in [0.2, 0.25) is 0 Å². The van der Waals surface area contributed by atoms with E-state index in [1.54, 1.807) is 5.57 Å². The summed E-state index contributed by atoms with van der Waals surface area (Å²) in [6.45, 7) is 20.1. The molecule has 4 saturated carbocycles. The smallest absolute Gasteiger partial charge is 0.138 e. The van der Waals surface area contributed by atoms with Crippen molar-refractivity contribution in [3.05, 3.63) is 11.6 Å². The molecule has 174 valence electrons. The Hall–Kier alpha value is -0.590. The van der Waals surface area contributed by atoms with Crippen molar-refractivity contribution >= 4 is 5.78 Å². The molecule has 0 saturated heterocycles. The zero-order valence-electron chi connectivity index (χ0n) is 21.7. The summed E-state index contributed by atoms with van der Waals surface area (Å²) in [5.41, 5.74) is 3.38. The van der Waals surface area contributed by atoms with Crippen LogP contribution < -0.4 is 0 Å². The Kier molecular flexibility index (Phi) is 4.66. The highest BCUT2D eigenvalue weighted by atomic mass is 16.1. The highest BCUT2D eigenvalue weighted by Gasteiger charge is 2.69. The molecule has 4 fully saturated rings. The lowest BCUT2D eigenvalue weighted by Gasteiger charge is -2.72. The van der Waals surface area contributed by atoms with Gasteiger partial charge >= 0.3 is 0 Å². The predicted molar refractivity (Wildman–Crippen MR) is 130 cm³/mol. The normalized spacial score (nSPS) is 53.3. The molecule has 0 aromatic heterocycles. The van der Waals surface area contributed by atoms with Crippen LogP contribution in [0.3, 0.4) is 0 Å². The van der Waals surface area contributed by atoms with Crippen molar-refractivity contribution in [3.63, 3.8) is 0 Å². The number of Topliss-reactive ketones (excluding diaryl/α,β-unsaturated/α-hetero) is 1. The number of ketones is 1. The van der Waals surface area contributed by atoms with Crippen LogP contribution in [-0.2, 0) is 4.79 Å². The van der Waals surface area contributed by atoms with Gasteiger partial charge in [-0.05, 0) is 103 Å². The average Bonchev–Trinajstić information content (AvgIpc) is 3.04. The van der Waals surface area contributed by atoms with Gasteiger partial charge in [-0.15, -0.1) is 0 Å². The maximum Gasteiger partial charge on any atom is 0.138 e. The first-order chi connectivity index (χ1) is 14.3. The van der Waals surface area contributed by atoms with Crippen LogP contribution in [0.5, 0.6) is 0 Å². The number of rotatable bonds is 1. The fourth-order valence-corrected chi connectivity index (χ4v) is 10.9. The van der Waals surface area contributed by atoms with E-state index in [0.29, 0.717) is 39.3 Å². The molecule has 0 heterocycles. The molecule has 0 unspecified atom stereocenters. The predicted octanol–water partition coefficient (Wildman–Crippen LogP) is 8.23. The maximum absolute atomic E-state index is 12.9. The fourth-order valence-electron chi connectivity index (χ4n) is 10.9. The summed E-state index contributed by atoms with van der Waals surface area (Å²) in [6, 6.07) is 0. The van der Waals surface area contributed by atoms with Crippen LogP contribution in [0.1, 0.15) is 113 Å². The van der Waals surface area contributed by atoms with E-state index in [0.717, 1.165) is 30.6 Å². The number of carbonyl (C=O) groups is 1. The van der Waals surface area contributed by atoms with Crippen molar-refractivity contribution in [2.24, 2.45) is 56.7 Å². The quantitative estimate of drug-likeness (QED) is 0.387. The highest BCUT2D eigenvalue weighted by molar-refractivity contribution is 5.85. The molecule has 8 atom stereocenters. The van der Waals surface area contributed by atoms with E-state index in [1.807, 2.05) is 0 Å². The van der Waals surface area contributed by atoms with Gasteiger partial charge in [0, 0.05) is 11.8 Å². The summed E-state index contributed by atoms with van der Waals surface area (Å²) in [7, 11) is 0. The SMILES string of the molecule is CC(C)C1=CC[C@]2(C)CC[C@]3(C)[C@H](CC[C@@H]4[C@@]5(C)CCC(=O)C(C)(C)[C@@H]5CC[C@]43C)[C@@H]12. The van der Waals surface area contributed by atoms with Gasteiger partial charge in [0.2, 0.25) is 0 Å². The summed E-state index contributed by atoms with van der Waals surface area (Å²) < 4.78 is 0. The van der Waals surface area contributed by atoms with Gasteiger partial charge in [-0.1, -0.05) is 67.0 Å². The van der Waals surface area contributed by atoms with Crippen molar-refractivity contribution < 1.29 is 4.79 Å². The number of fused-ring (bicyclic) bond motifs is 7. The molecule has 0 bridgehead atoms. The van der Waals surface area contributed by atoms with E-state index >= 15 is 0 Å². The van der Waals surface area contributed by atoms with Gasteiger partial charge < -0.3 is 0 Å². The van der Waals surface area contributed by atoms with Gasteiger partial charge in [0.05, 0.1) is 0 Å². The van der Waals surface area contributed by atoms with Gasteiger partial charge in [0.15, 0.2) is 0 Å². The fraction of sp³-hybridized carbons (Fsp3) is 0.900. The van der Waals surface area contributed by atoms with Crippen molar-refractivity contribution in [2.75, 3.05) is 0 Å². The van der Waals surface area contributed by atoms with E-state index < -0.39 is 0 Å². The second-order valence-electron chi connectivity index (χ2n) is 14.5. The number of hydrogen-bond acceptors (Lipinski definition) is 1. The summed E-state index contributed by atoms with van der Waals surface area (Å²) in [4.78, 5) is 12.9. The van der Waals surface area contributed by atoms with Gasteiger partial charge in [-0.2, -0.15) is 0 Å². The first-order valence-corrected chi connectivity index (χ1v) is 13.5. The van der Waals surface area contributed by atoms with Gasteiger partial charge in [0.25, 0.3) is 0 Å². The molecule has 5 aliphatic rings. The molecule has 0 spiro atoms. The third-order valence-corrected chi connectivity index (χ3v) is 12.9. The Bertz CT molecular complexity index is 818. The third kappa shape index (κ3) is 2.59. The van der Waals surface area contributed by atoms with Crippen LogP contribution in [0.15, 0.2) is 11.6 Å². The van der Waals surface area contributed by atoms with Crippen LogP contribution in [0.4, 0.5) is 0 Å². The summed E-state index contributed by atoms with van der Waals surface area (Å²) in [5.74, 6) is 4.24. The van der Waals surface area contributed by atoms with E-state index in [4.69, 9.17) is 0 Å². The molecule has 1 nitrogen and oxygen atoms in total. The monoisotopic (exact) mass is 424 g/mol. The Balaban J connectivity index is 1.55. The van der Waals surface area contributed by atoms with Gasteiger partial charge in [-0.3, -0.25) is 4.79 Å². The van der Waals surface area contributed by atoms with Crippen molar-refractivity contribution in [3.8, 4) is 0 Å². The van der Waals surface area contributed by atoms with E-state index in [2.05, 4.69) is 61.5 Å². The molecule has 5 rings (SSSR count). The molecule has 0 amide bonds. The second kappa shape index (κ2) is 6.50. The minimum absolute atomic E-state index is 0.129. The summed E-state index contributed by atoms with van der Waals surface area (Å²) in [6.07, 6.45) is 14.2. The Morgan fingerprint density at radius 1 is 0.839 bits per heavy atom. The topological polar surface area (TPSA) is 17.1 Å². The largest absolute Gasteiger partial charge is 0.299 e. The molecule has 1 heteroatoms. The van der Waals surface area contributed by atoms with Crippen molar-refractivity contribution in [1.82, 2.24) is 0 Å². The van der Waals surface area contributed by atoms with Gasteiger partial charge in [0.1, 0.15) is 5.78 Å². The number of carbonyl (C=O) groups excluding carboxylic acids is 1. The zero-order chi connectivity index (χ0) is 22.6. The first kappa shape index (κ1) is 22.2. The molecule has 5 aliphatic carbocycles. The average molecular weight is 425 g/mol. The lowest BCUT2D eigenvalue weighted by molar-refractivity contribution is -0.228. The van der Waals surface area contributed by atoms with Crippen molar-refractivity contribution in [2.45, 2.75) is 113 Å². The van der Waals surface area contributed by atoms with Gasteiger partial charge in [-0.25, -0.2) is 0 Å². The lowest BCUT2D eigenvalue weighted by Crippen LogP contribution is -2.66. The molecule has 0 radical (unpaired) electrons. The Morgan fingerprint density at radius 2 is 1.55 bits per heavy atom. The Morgan fingerprint density at radius 3 is 2.23 bits per heavy atom. The van der Waals surface area contributed by atoms with Crippen LogP contribution in [-0.4, -0.2) is 5.78 Å². The minimum atomic E-state index is -0.129. The molecular formula is C30H48O. The van der Waals surface area contributed by atoms with E-state index in [9.17, 15) is 4.79 Å².